The van der Waals surface area contributed by atoms with E-state index >= 15 is 0 Å². The van der Waals surface area contributed by atoms with E-state index in [2.05, 4.69) is 25.4 Å². The Morgan fingerprint density at radius 1 is 1.11 bits per heavy atom. The van der Waals surface area contributed by atoms with E-state index in [1.165, 1.54) is 12.1 Å². The van der Waals surface area contributed by atoms with Gasteiger partial charge in [-0.2, -0.15) is 22.8 Å². The summed E-state index contributed by atoms with van der Waals surface area (Å²) in [4.78, 5) is 8.14. The van der Waals surface area contributed by atoms with Crippen molar-refractivity contribution in [2.45, 2.75) is 6.18 Å². The fourth-order valence-electron chi connectivity index (χ4n) is 2.38. The van der Waals surface area contributed by atoms with Crippen molar-refractivity contribution in [1.82, 2.24) is 30.1 Å². The standard InChI is InChI=1S/C16H10F3N7O/c17-16(18,19)10-4-1-5-11(7-10)26-13(20)12(23-25-26)15-22-14(24-27-15)9-3-2-6-21-8-9/h1-8H,20H2. The van der Waals surface area contributed by atoms with Crippen LogP contribution in [0.25, 0.3) is 28.7 Å². The average molecular weight is 373 g/mol. The third-order valence-corrected chi connectivity index (χ3v) is 3.67. The number of nitrogen functional groups attached to an aromatic ring is 1. The Balaban J connectivity index is 1.71. The zero-order valence-electron chi connectivity index (χ0n) is 13.4. The molecule has 0 bridgehead atoms. The minimum absolute atomic E-state index is 0.00965. The fourth-order valence-corrected chi connectivity index (χ4v) is 2.38. The molecule has 3 aromatic heterocycles. The van der Waals surface area contributed by atoms with E-state index in [1.807, 2.05) is 0 Å². The lowest BCUT2D eigenvalue weighted by Crippen LogP contribution is -2.08. The van der Waals surface area contributed by atoms with Crippen LogP contribution in [0.5, 0.6) is 0 Å². The van der Waals surface area contributed by atoms with Crippen molar-refractivity contribution in [3.05, 3.63) is 54.4 Å². The number of hydrogen-bond donors (Lipinski definition) is 1. The summed E-state index contributed by atoms with van der Waals surface area (Å²) in [7, 11) is 0. The van der Waals surface area contributed by atoms with Crippen molar-refractivity contribution in [3.63, 3.8) is 0 Å². The predicted molar refractivity (Wildman–Crippen MR) is 87.3 cm³/mol. The first kappa shape index (κ1) is 16.7. The van der Waals surface area contributed by atoms with E-state index < -0.39 is 11.7 Å². The molecule has 0 fully saturated rings. The Hall–Kier alpha value is -3.76. The molecule has 136 valence electrons. The Labute approximate surface area is 149 Å². The summed E-state index contributed by atoms with van der Waals surface area (Å²) in [6, 6.07) is 8.01. The van der Waals surface area contributed by atoms with Gasteiger partial charge in [0.2, 0.25) is 5.82 Å². The maximum atomic E-state index is 12.9. The number of benzene rings is 1. The fraction of sp³-hybridized carbons (Fsp3) is 0.0625. The molecule has 0 aliphatic rings. The molecule has 0 spiro atoms. The van der Waals surface area contributed by atoms with E-state index in [4.69, 9.17) is 10.3 Å². The molecule has 0 aliphatic carbocycles. The van der Waals surface area contributed by atoms with E-state index in [0.29, 0.717) is 5.56 Å². The van der Waals surface area contributed by atoms with Crippen LogP contribution in [0.2, 0.25) is 0 Å². The van der Waals surface area contributed by atoms with Gasteiger partial charge in [0.1, 0.15) is 0 Å². The van der Waals surface area contributed by atoms with Crippen LogP contribution in [0.15, 0.2) is 53.3 Å². The van der Waals surface area contributed by atoms with Gasteiger partial charge in [-0.15, -0.1) is 5.10 Å². The molecule has 0 saturated carbocycles. The number of halogens is 3. The minimum Gasteiger partial charge on any atom is -0.382 e. The Kier molecular flexibility index (Phi) is 3.83. The van der Waals surface area contributed by atoms with Gasteiger partial charge < -0.3 is 10.3 Å². The molecule has 4 aromatic rings. The van der Waals surface area contributed by atoms with Gasteiger partial charge >= 0.3 is 6.18 Å². The molecule has 0 amide bonds. The van der Waals surface area contributed by atoms with Crippen LogP contribution >= 0.6 is 0 Å². The van der Waals surface area contributed by atoms with Crippen LogP contribution in [0.4, 0.5) is 19.0 Å². The van der Waals surface area contributed by atoms with Crippen molar-refractivity contribution in [1.29, 1.82) is 0 Å². The molecular weight excluding hydrogens is 363 g/mol. The highest BCUT2D eigenvalue weighted by Crippen LogP contribution is 2.31. The number of alkyl halides is 3. The summed E-state index contributed by atoms with van der Waals surface area (Å²) in [5, 5.41) is 11.5. The smallest absolute Gasteiger partial charge is 0.382 e. The van der Waals surface area contributed by atoms with Crippen molar-refractivity contribution in [3.8, 4) is 28.7 Å². The summed E-state index contributed by atoms with van der Waals surface area (Å²) in [6.45, 7) is 0. The highest BCUT2D eigenvalue weighted by molar-refractivity contribution is 5.66. The largest absolute Gasteiger partial charge is 0.416 e. The number of anilines is 1. The molecule has 0 saturated heterocycles. The summed E-state index contributed by atoms with van der Waals surface area (Å²) in [5.41, 5.74) is 5.96. The van der Waals surface area contributed by atoms with Crippen LogP contribution < -0.4 is 5.73 Å². The van der Waals surface area contributed by atoms with Gasteiger partial charge in [0, 0.05) is 18.0 Å². The number of pyridine rings is 1. The molecule has 11 heteroatoms. The van der Waals surface area contributed by atoms with Crippen LogP contribution in [0.1, 0.15) is 5.56 Å². The average Bonchev–Trinajstić information content (AvgIpc) is 3.28. The van der Waals surface area contributed by atoms with Gasteiger partial charge in [-0.05, 0) is 30.3 Å². The highest BCUT2D eigenvalue weighted by Gasteiger charge is 2.31. The van der Waals surface area contributed by atoms with Crippen molar-refractivity contribution in [2.75, 3.05) is 5.73 Å². The topological polar surface area (TPSA) is 109 Å². The SMILES string of the molecule is Nc1c(-c2nc(-c3cccnc3)no2)nnn1-c1cccc(C(F)(F)F)c1. The third kappa shape index (κ3) is 3.10. The summed E-state index contributed by atoms with van der Waals surface area (Å²) >= 11 is 0. The van der Waals surface area contributed by atoms with Crippen LogP contribution in [0, 0.1) is 0 Å². The quantitative estimate of drug-likeness (QED) is 0.588. The number of nitrogens with zero attached hydrogens (tertiary/aromatic N) is 6. The second kappa shape index (κ2) is 6.20. The molecule has 1 aromatic carbocycles. The molecule has 2 N–H and O–H groups in total. The molecule has 8 nitrogen and oxygen atoms in total. The lowest BCUT2D eigenvalue weighted by Gasteiger charge is -2.09. The molecule has 0 radical (unpaired) electrons. The second-order valence-electron chi connectivity index (χ2n) is 5.45. The number of hydrogen-bond acceptors (Lipinski definition) is 7. The van der Waals surface area contributed by atoms with E-state index in [0.717, 1.165) is 16.8 Å². The first-order valence-electron chi connectivity index (χ1n) is 7.57. The lowest BCUT2D eigenvalue weighted by molar-refractivity contribution is -0.137. The Bertz CT molecular complexity index is 1090. The monoisotopic (exact) mass is 373 g/mol. The molecule has 3 heterocycles. The molecule has 0 unspecified atom stereocenters. The van der Waals surface area contributed by atoms with E-state index in [-0.39, 0.29) is 28.9 Å². The molecule has 0 aliphatic heterocycles. The van der Waals surface area contributed by atoms with Crippen molar-refractivity contribution < 1.29 is 17.7 Å². The third-order valence-electron chi connectivity index (χ3n) is 3.67. The Morgan fingerprint density at radius 3 is 2.70 bits per heavy atom. The first-order valence-corrected chi connectivity index (χ1v) is 7.57. The summed E-state index contributed by atoms with van der Waals surface area (Å²) in [5.74, 6) is 0.228. The van der Waals surface area contributed by atoms with Gasteiger partial charge in [-0.25, -0.2) is 0 Å². The van der Waals surface area contributed by atoms with Crippen molar-refractivity contribution >= 4 is 5.82 Å². The number of nitrogens with two attached hydrogens (primary N) is 1. The molecular formula is C16H10F3N7O. The van der Waals surface area contributed by atoms with Crippen LogP contribution in [-0.4, -0.2) is 30.1 Å². The zero-order valence-corrected chi connectivity index (χ0v) is 13.4. The van der Waals surface area contributed by atoms with Gasteiger partial charge in [-0.3, -0.25) is 4.98 Å². The minimum atomic E-state index is -4.49. The van der Waals surface area contributed by atoms with Gasteiger partial charge in [0.05, 0.1) is 11.3 Å². The number of aromatic nitrogens is 6. The van der Waals surface area contributed by atoms with E-state index in [1.54, 1.807) is 24.5 Å². The number of rotatable bonds is 3. The van der Waals surface area contributed by atoms with Gasteiger partial charge in [-0.1, -0.05) is 16.4 Å². The van der Waals surface area contributed by atoms with E-state index in [9.17, 15) is 13.2 Å². The lowest BCUT2D eigenvalue weighted by atomic mass is 10.2. The second-order valence-corrected chi connectivity index (χ2v) is 5.45. The van der Waals surface area contributed by atoms with Gasteiger partial charge in [0.15, 0.2) is 11.5 Å². The summed E-state index contributed by atoms with van der Waals surface area (Å²) < 4.78 is 44.9. The van der Waals surface area contributed by atoms with Crippen LogP contribution in [-0.2, 0) is 6.18 Å². The normalized spacial score (nSPS) is 11.7. The summed E-state index contributed by atoms with van der Waals surface area (Å²) in [6.07, 6.45) is -1.33. The molecule has 0 atom stereocenters. The first-order chi connectivity index (χ1) is 12.9. The zero-order chi connectivity index (χ0) is 19.0. The van der Waals surface area contributed by atoms with Crippen molar-refractivity contribution in [2.24, 2.45) is 0 Å². The van der Waals surface area contributed by atoms with Crippen LogP contribution in [0.3, 0.4) is 0 Å². The highest BCUT2D eigenvalue weighted by atomic mass is 19.4. The maximum absolute atomic E-state index is 12.9. The molecule has 4 rings (SSSR count). The Morgan fingerprint density at radius 2 is 1.96 bits per heavy atom. The van der Waals surface area contributed by atoms with Gasteiger partial charge in [0.25, 0.3) is 5.89 Å². The molecule has 27 heavy (non-hydrogen) atoms. The maximum Gasteiger partial charge on any atom is 0.416 e. The predicted octanol–water partition coefficient (Wildman–Crippen LogP) is 2.98.